The van der Waals surface area contributed by atoms with E-state index < -0.39 is 0 Å². The molecule has 0 spiro atoms. The van der Waals surface area contributed by atoms with Crippen LogP contribution in [0.4, 0.5) is 0 Å². The number of hydrogen-bond acceptors (Lipinski definition) is 2. The standard InChI is InChI=1S/C15H22N2O2/c1-5-6-16-14(19)13-9(2)12-10(17-13)7-15(3,4)8-11(12)18/h17H,5-8H2,1-4H3,(H,16,19). The average Bonchev–Trinajstić information content (AvgIpc) is 2.61. The molecular weight excluding hydrogens is 240 g/mol. The van der Waals surface area contributed by atoms with Crippen LogP contribution in [0.3, 0.4) is 0 Å². The van der Waals surface area contributed by atoms with Crippen molar-refractivity contribution in [1.29, 1.82) is 0 Å². The molecule has 1 heterocycles. The number of hydrogen-bond donors (Lipinski definition) is 2. The second-order valence-electron chi connectivity index (χ2n) is 6.18. The third-order valence-electron chi connectivity index (χ3n) is 3.66. The molecule has 0 unspecified atom stereocenters. The Morgan fingerprint density at radius 1 is 1.37 bits per heavy atom. The number of carbonyl (C=O) groups is 2. The van der Waals surface area contributed by atoms with E-state index in [1.165, 1.54) is 0 Å². The fourth-order valence-electron chi connectivity index (χ4n) is 2.79. The Kier molecular flexibility index (Phi) is 3.52. The number of rotatable bonds is 3. The highest BCUT2D eigenvalue weighted by atomic mass is 16.2. The van der Waals surface area contributed by atoms with Crippen molar-refractivity contribution in [2.24, 2.45) is 5.41 Å². The van der Waals surface area contributed by atoms with E-state index >= 15 is 0 Å². The van der Waals surface area contributed by atoms with Gasteiger partial charge in [0.05, 0.1) is 0 Å². The second-order valence-corrected chi connectivity index (χ2v) is 6.18. The summed E-state index contributed by atoms with van der Waals surface area (Å²) in [6.07, 6.45) is 2.27. The van der Waals surface area contributed by atoms with Gasteiger partial charge in [0.2, 0.25) is 0 Å². The molecule has 2 rings (SSSR count). The second kappa shape index (κ2) is 4.83. The molecular formula is C15H22N2O2. The van der Waals surface area contributed by atoms with Crippen molar-refractivity contribution in [1.82, 2.24) is 10.3 Å². The van der Waals surface area contributed by atoms with Gasteiger partial charge in [-0.25, -0.2) is 0 Å². The largest absolute Gasteiger partial charge is 0.354 e. The maximum Gasteiger partial charge on any atom is 0.268 e. The predicted octanol–water partition coefficient (Wildman–Crippen LogP) is 2.62. The van der Waals surface area contributed by atoms with Crippen LogP contribution >= 0.6 is 0 Å². The SMILES string of the molecule is CCCNC(=O)c1[nH]c2c(c1C)C(=O)CC(C)(C)C2. The van der Waals surface area contributed by atoms with E-state index in [0.29, 0.717) is 18.7 Å². The van der Waals surface area contributed by atoms with Gasteiger partial charge in [0.15, 0.2) is 5.78 Å². The summed E-state index contributed by atoms with van der Waals surface area (Å²) in [6.45, 7) is 8.69. The van der Waals surface area contributed by atoms with Crippen molar-refractivity contribution < 1.29 is 9.59 Å². The van der Waals surface area contributed by atoms with Crippen molar-refractivity contribution in [3.63, 3.8) is 0 Å². The van der Waals surface area contributed by atoms with Crippen LogP contribution in [0, 0.1) is 12.3 Å². The van der Waals surface area contributed by atoms with E-state index in [4.69, 9.17) is 0 Å². The van der Waals surface area contributed by atoms with E-state index in [1.54, 1.807) is 0 Å². The zero-order valence-electron chi connectivity index (χ0n) is 12.1. The van der Waals surface area contributed by atoms with Gasteiger partial charge in [0, 0.05) is 24.2 Å². The molecule has 0 aromatic carbocycles. The predicted molar refractivity (Wildman–Crippen MR) is 74.6 cm³/mol. The van der Waals surface area contributed by atoms with Gasteiger partial charge in [0.25, 0.3) is 5.91 Å². The smallest absolute Gasteiger partial charge is 0.268 e. The Balaban J connectivity index is 2.36. The maximum absolute atomic E-state index is 12.2. The summed E-state index contributed by atoms with van der Waals surface area (Å²) in [4.78, 5) is 27.4. The number of aromatic amines is 1. The normalized spacial score (nSPS) is 17.2. The zero-order valence-corrected chi connectivity index (χ0v) is 12.1. The molecule has 0 saturated heterocycles. The minimum absolute atomic E-state index is 0.0292. The molecule has 4 nitrogen and oxygen atoms in total. The number of ketones is 1. The minimum Gasteiger partial charge on any atom is -0.354 e. The van der Waals surface area contributed by atoms with Crippen molar-refractivity contribution in [2.45, 2.75) is 47.0 Å². The summed E-state index contributed by atoms with van der Waals surface area (Å²) in [5, 5.41) is 2.85. The lowest BCUT2D eigenvalue weighted by Crippen LogP contribution is -2.26. The molecule has 2 N–H and O–H groups in total. The zero-order chi connectivity index (χ0) is 14.2. The van der Waals surface area contributed by atoms with E-state index in [2.05, 4.69) is 24.1 Å². The molecule has 0 saturated carbocycles. The van der Waals surface area contributed by atoms with Gasteiger partial charge in [-0.15, -0.1) is 0 Å². The fourth-order valence-corrected chi connectivity index (χ4v) is 2.79. The number of aromatic nitrogens is 1. The molecule has 0 bridgehead atoms. The molecule has 0 radical (unpaired) electrons. The Hall–Kier alpha value is -1.58. The summed E-state index contributed by atoms with van der Waals surface area (Å²) >= 11 is 0. The molecule has 0 aliphatic heterocycles. The summed E-state index contributed by atoms with van der Waals surface area (Å²) < 4.78 is 0. The van der Waals surface area contributed by atoms with Gasteiger partial charge in [-0.2, -0.15) is 0 Å². The number of H-pyrrole nitrogens is 1. The van der Waals surface area contributed by atoms with Crippen LogP contribution in [0.1, 0.15) is 65.7 Å². The summed E-state index contributed by atoms with van der Waals surface area (Å²) in [6, 6.07) is 0. The number of nitrogens with one attached hydrogen (secondary N) is 2. The minimum atomic E-state index is -0.112. The first-order chi connectivity index (χ1) is 8.85. The Bertz CT molecular complexity index is 526. The van der Waals surface area contributed by atoms with Gasteiger partial charge >= 0.3 is 0 Å². The fraction of sp³-hybridized carbons (Fsp3) is 0.600. The maximum atomic E-state index is 12.2. The highest BCUT2D eigenvalue weighted by Gasteiger charge is 2.35. The van der Waals surface area contributed by atoms with E-state index in [0.717, 1.165) is 29.7 Å². The summed E-state index contributed by atoms with van der Waals surface area (Å²) in [7, 11) is 0. The van der Waals surface area contributed by atoms with Crippen LogP contribution < -0.4 is 5.32 Å². The van der Waals surface area contributed by atoms with Crippen LogP contribution in [-0.4, -0.2) is 23.2 Å². The number of amides is 1. The van der Waals surface area contributed by atoms with Gasteiger partial charge in [-0.05, 0) is 30.7 Å². The topological polar surface area (TPSA) is 62.0 Å². The summed E-state index contributed by atoms with van der Waals surface area (Å²) in [5.74, 6) is 0.0360. The van der Waals surface area contributed by atoms with Gasteiger partial charge < -0.3 is 10.3 Å². The van der Waals surface area contributed by atoms with E-state index in [-0.39, 0.29) is 17.1 Å². The third kappa shape index (κ3) is 2.57. The molecule has 1 amide bonds. The molecule has 104 valence electrons. The summed E-state index contributed by atoms with van der Waals surface area (Å²) in [5.41, 5.74) is 2.97. The molecule has 1 aliphatic rings. The van der Waals surface area contributed by atoms with Crippen molar-refractivity contribution in [3.8, 4) is 0 Å². The van der Waals surface area contributed by atoms with Crippen LogP contribution in [0.25, 0.3) is 0 Å². The molecule has 1 aromatic heterocycles. The van der Waals surface area contributed by atoms with Crippen LogP contribution in [0.5, 0.6) is 0 Å². The quantitative estimate of drug-likeness (QED) is 0.879. The molecule has 0 fully saturated rings. The lowest BCUT2D eigenvalue weighted by molar-refractivity contribution is 0.0909. The number of fused-ring (bicyclic) bond motifs is 1. The number of carbonyl (C=O) groups excluding carboxylic acids is 2. The lowest BCUT2D eigenvalue weighted by Gasteiger charge is -2.28. The monoisotopic (exact) mass is 262 g/mol. The van der Waals surface area contributed by atoms with Crippen LogP contribution in [-0.2, 0) is 6.42 Å². The first-order valence-electron chi connectivity index (χ1n) is 6.88. The molecule has 19 heavy (non-hydrogen) atoms. The van der Waals surface area contributed by atoms with Crippen LogP contribution in [0.15, 0.2) is 0 Å². The van der Waals surface area contributed by atoms with E-state index in [9.17, 15) is 9.59 Å². The Labute approximate surface area is 114 Å². The molecule has 1 aliphatic carbocycles. The first-order valence-corrected chi connectivity index (χ1v) is 6.88. The van der Waals surface area contributed by atoms with Crippen molar-refractivity contribution >= 4 is 11.7 Å². The molecule has 4 heteroatoms. The average molecular weight is 262 g/mol. The Morgan fingerprint density at radius 3 is 2.68 bits per heavy atom. The highest BCUT2D eigenvalue weighted by Crippen LogP contribution is 2.36. The van der Waals surface area contributed by atoms with Gasteiger partial charge in [-0.1, -0.05) is 20.8 Å². The molecule has 0 atom stereocenters. The van der Waals surface area contributed by atoms with Gasteiger partial charge in [-0.3, -0.25) is 9.59 Å². The van der Waals surface area contributed by atoms with Gasteiger partial charge in [0.1, 0.15) is 5.69 Å². The number of Topliss-reactive ketones (excluding diaryl/α,β-unsaturated/α-hetero) is 1. The van der Waals surface area contributed by atoms with E-state index in [1.807, 2.05) is 13.8 Å². The highest BCUT2D eigenvalue weighted by molar-refractivity contribution is 6.04. The third-order valence-corrected chi connectivity index (χ3v) is 3.66. The van der Waals surface area contributed by atoms with Crippen molar-refractivity contribution in [3.05, 3.63) is 22.5 Å². The molecule has 1 aromatic rings. The van der Waals surface area contributed by atoms with Crippen LogP contribution in [0.2, 0.25) is 0 Å². The Morgan fingerprint density at radius 2 is 2.05 bits per heavy atom. The van der Waals surface area contributed by atoms with Crippen molar-refractivity contribution in [2.75, 3.05) is 6.54 Å². The lowest BCUT2D eigenvalue weighted by atomic mass is 9.75. The first kappa shape index (κ1) is 13.8.